The van der Waals surface area contributed by atoms with Crippen molar-refractivity contribution >= 4 is 17.3 Å². The number of benzene rings is 1. The highest BCUT2D eigenvalue weighted by Gasteiger charge is 2.09. The molecule has 1 aromatic heterocycles. The first-order chi connectivity index (χ1) is 8.60. The van der Waals surface area contributed by atoms with Crippen LogP contribution in [0.2, 0.25) is 5.02 Å². The van der Waals surface area contributed by atoms with Gasteiger partial charge in [0.2, 0.25) is 0 Å². The summed E-state index contributed by atoms with van der Waals surface area (Å²) < 4.78 is 1.93. The molecule has 2 rings (SSSR count). The Morgan fingerprint density at radius 3 is 2.83 bits per heavy atom. The van der Waals surface area contributed by atoms with E-state index in [2.05, 4.69) is 37.4 Å². The van der Waals surface area contributed by atoms with E-state index in [1.54, 1.807) is 0 Å². The fourth-order valence-electron chi connectivity index (χ4n) is 1.88. The van der Waals surface area contributed by atoms with Gasteiger partial charge in [-0.2, -0.15) is 5.10 Å². The van der Waals surface area contributed by atoms with Crippen molar-refractivity contribution < 1.29 is 0 Å². The largest absolute Gasteiger partial charge is 0.378 e. The predicted molar refractivity (Wildman–Crippen MR) is 76.1 cm³/mol. The second kappa shape index (κ2) is 5.44. The molecule has 0 radical (unpaired) electrons. The Labute approximate surface area is 113 Å². The van der Waals surface area contributed by atoms with Gasteiger partial charge in [-0.25, -0.2) is 0 Å². The number of aromatic nitrogens is 2. The molecular formula is C14H18ClN3. The van der Waals surface area contributed by atoms with Crippen LogP contribution < -0.4 is 5.32 Å². The molecule has 1 atom stereocenters. The van der Waals surface area contributed by atoms with Gasteiger partial charge in [-0.1, -0.05) is 11.6 Å². The van der Waals surface area contributed by atoms with E-state index in [9.17, 15) is 0 Å². The van der Waals surface area contributed by atoms with Crippen molar-refractivity contribution in [2.45, 2.75) is 33.4 Å². The second-order valence-corrected chi connectivity index (χ2v) is 4.89. The monoisotopic (exact) mass is 263 g/mol. The zero-order valence-electron chi connectivity index (χ0n) is 10.9. The number of rotatable bonds is 4. The molecule has 3 nitrogen and oxygen atoms in total. The molecule has 4 heteroatoms. The summed E-state index contributed by atoms with van der Waals surface area (Å²) in [5, 5.41) is 8.54. The smallest absolute Gasteiger partial charge is 0.0542 e. The fourth-order valence-corrected chi connectivity index (χ4v) is 2.11. The van der Waals surface area contributed by atoms with Crippen molar-refractivity contribution in [3.63, 3.8) is 0 Å². The van der Waals surface area contributed by atoms with Crippen LogP contribution in [0.25, 0.3) is 0 Å². The van der Waals surface area contributed by atoms with Gasteiger partial charge in [0.15, 0.2) is 0 Å². The molecule has 1 aromatic carbocycles. The first-order valence-electron chi connectivity index (χ1n) is 6.15. The molecule has 2 aromatic rings. The maximum atomic E-state index is 5.95. The van der Waals surface area contributed by atoms with Crippen molar-refractivity contribution in [3.05, 3.63) is 46.7 Å². The Hall–Kier alpha value is -1.48. The fraction of sp³-hybridized carbons (Fsp3) is 0.357. The van der Waals surface area contributed by atoms with Crippen LogP contribution in [-0.4, -0.2) is 9.78 Å². The molecule has 0 aliphatic carbocycles. The lowest BCUT2D eigenvalue weighted by Gasteiger charge is -2.15. The zero-order chi connectivity index (χ0) is 13.1. The molecule has 0 saturated heterocycles. The molecule has 0 fully saturated rings. The van der Waals surface area contributed by atoms with Crippen LogP contribution in [0.4, 0.5) is 5.69 Å². The Morgan fingerprint density at radius 2 is 2.22 bits per heavy atom. The van der Waals surface area contributed by atoms with E-state index in [0.717, 1.165) is 22.8 Å². The summed E-state index contributed by atoms with van der Waals surface area (Å²) in [5.74, 6) is 0. The number of nitrogens with zero attached hydrogens (tertiary/aromatic N) is 2. The van der Waals surface area contributed by atoms with Gasteiger partial charge in [0, 0.05) is 29.0 Å². The van der Waals surface area contributed by atoms with Gasteiger partial charge in [0.05, 0.1) is 12.2 Å². The van der Waals surface area contributed by atoms with E-state index >= 15 is 0 Å². The third-order valence-corrected chi connectivity index (χ3v) is 3.27. The highest BCUT2D eigenvalue weighted by Crippen LogP contribution is 2.24. The zero-order valence-corrected chi connectivity index (χ0v) is 11.7. The molecule has 1 unspecified atom stereocenters. The minimum atomic E-state index is 0.227. The van der Waals surface area contributed by atoms with E-state index in [4.69, 9.17) is 11.6 Å². The molecule has 0 amide bonds. The van der Waals surface area contributed by atoms with E-state index < -0.39 is 0 Å². The van der Waals surface area contributed by atoms with E-state index in [1.165, 1.54) is 5.56 Å². The van der Waals surface area contributed by atoms with Crippen molar-refractivity contribution in [1.29, 1.82) is 0 Å². The molecule has 1 N–H and O–H groups in total. The SMILES string of the molecule is CCn1cc(C(C)Nc2ccc(Cl)cc2C)cn1. The molecule has 0 bridgehead atoms. The number of anilines is 1. The first-order valence-corrected chi connectivity index (χ1v) is 6.53. The lowest BCUT2D eigenvalue weighted by atomic mass is 10.1. The summed E-state index contributed by atoms with van der Waals surface area (Å²) in [7, 11) is 0. The van der Waals surface area contributed by atoms with E-state index in [-0.39, 0.29) is 6.04 Å². The summed E-state index contributed by atoms with van der Waals surface area (Å²) >= 11 is 5.95. The van der Waals surface area contributed by atoms with Gasteiger partial charge < -0.3 is 5.32 Å². The lowest BCUT2D eigenvalue weighted by molar-refractivity contribution is 0.658. The Bertz CT molecular complexity index is 534. The summed E-state index contributed by atoms with van der Waals surface area (Å²) in [4.78, 5) is 0. The summed E-state index contributed by atoms with van der Waals surface area (Å²) in [5.41, 5.74) is 3.44. The standard InChI is InChI=1S/C14H18ClN3/c1-4-18-9-12(8-16-18)11(3)17-14-6-5-13(15)7-10(14)2/h5-9,11,17H,4H2,1-3H3. The Morgan fingerprint density at radius 1 is 1.44 bits per heavy atom. The van der Waals surface area contributed by atoms with Crippen LogP contribution in [0.3, 0.4) is 0 Å². The summed E-state index contributed by atoms with van der Waals surface area (Å²) in [6, 6.07) is 6.11. The quantitative estimate of drug-likeness (QED) is 0.902. The normalized spacial score (nSPS) is 12.4. The number of halogens is 1. The van der Waals surface area contributed by atoms with Crippen molar-refractivity contribution in [1.82, 2.24) is 9.78 Å². The van der Waals surface area contributed by atoms with Crippen molar-refractivity contribution in [2.75, 3.05) is 5.32 Å². The van der Waals surface area contributed by atoms with Crippen molar-refractivity contribution in [3.8, 4) is 0 Å². The second-order valence-electron chi connectivity index (χ2n) is 4.45. The molecule has 0 aliphatic rings. The highest BCUT2D eigenvalue weighted by atomic mass is 35.5. The van der Waals surface area contributed by atoms with Crippen LogP contribution in [0.15, 0.2) is 30.6 Å². The van der Waals surface area contributed by atoms with Gasteiger partial charge in [-0.3, -0.25) is 4.68 Å². The Balaban J connectivity index is 2.13. The van der Waals surface area contributed by atoms with Crippen molar-refractivity contribution in [2.24, 2.45) is 0 Å². The van der Waals surface area contributed by atoms with E-state index in [0.29, 0.717) is 0 Å². The third-order valence-electron chi connectivity index (χ3n) is 3.04. The molecule has 0 saturated carbocycles. The Kier molecular flexibility index (Phi) is 3.92. The highest BCUT2D eigenvalue weighted by molar-refractivity contribution is 6.30. The molecule has 18 heavy (non-hydrogen) atoms. The molecule has 0 spiro atoms. The van der Waals surface area contributed by atoms with Gasteiger partial charge >= 0.3 is 0 Å². The molecule has 1 heterocycles. The van der Waals surface area contributed by atoms with Crippen LogP contribution in [0, 0.1) is 6.92 Å². The van der Waals surface area contributed by atoms with Crippen LogP contribution >= 0.6 is 11.6 Å². The van der Waals surface area contributed by atoms with E-state index in [1.807, 2.05) is 29.1 Å². The maximum absolute atomic E-state index is 5.95. The minimum Gasteiger partial charge on any atom is -0.378 e. The first kappa shape index (κ1) is 13.0. The maximum Gasteiger partial charge on any atom is 0.0542 e. The average molecular weight is 264 g/mol. The lowest BCUT2D eigenvalue weighted by Crippen LogP contribution is -2.07. The molecule has 0 aliphatic heterocycles. The number of hydrogen-bond donors (Lipinski definition) is 1. The third kappa shape index (κ3) is 2.85. The number of aryl methyl sites for hydroxylation is 2. The topological polar surface area (TPSA) is 29.9 Å². The number of nitrogens with one attached hydrogen (secondary N) is 1. The van der Waals surface area contributed by atoms with Gasteiger partial charge in [-0.15, -0.1) is 0 Å². The minimum absolute atomic E-state index is 0.227. The van der Waals surface area contributed by atoms with Gasteiger partial charge in [0.1, 0.15) is 0 Å². The average Bonchev–Trinajstić information content (AvgIpc) is 2.81. The summed E-state index contributed by atoms with van der Waals surface area (Å²) in [6.45, 7) is 7.16. The number of hydrogen-bond acceptors (Lipinski definition) is 2. The van der Waals surface area contributed by atoms with Gasteiger partial charge in [0.25, 0.3) is 0 Å². The molecule has 96 valence electrons. The van der Waals surface area contributed by atoms with Gasteiger partial charge in [-0.05, 0) is 44.5 Å². The van der Waals surface area contributed by atoms with Crippen LogP contribution in [0.5, 0.6) is 0 Å². The summed E-state index contributed by atoms with van der Waals surface area (Å²) in [6.07, 6.45) is 3.98. The predicted octanol–water partition coefficient (Wildman–Crippen LogP) is 4.04. The molecular weight excluding hydrogens is 246 g/mol. The van der Waals surface area contributed by atoms with Crippen LogP contribution in [0.1, 0.15) is 31.0 Å². The van der Waals surface area contributed by atoms with Crippen LogP contribution in [-0.2, 0) is 6.54 Å².